The van der Waals surface area contributed by atoms with Crippen molar-refractivity contribution >= 4 is 47.3 Å². The number of cyclic esters (lactones) is 1. The molecule has 0 spiro atoms. The average molecular weight is 844 g/mol. The summed E-state index contributed by atoms with van der Waals surface area (Å²) in [6.45, 7) is 9.68. The molecular formula is C41H61N7O12. The monoisotopic (exact) mass is 843 g/mol. The van der Waals surface area contributed by atoms with Crippen LogP contribution in [-0.2, 0) is 49.5 Å². The van der Waals surface area contributed by atoms with E-state index in [1.54, 1.807) is 52.0 Å². The molecule has 11 atom stereocenters. The van der Waals surface area contributed by atoms with Gasteiger partial charge in [-0.25, -0.2) is 4.79 Å². The molecule has 0 aromatic heterocycles. The van der Waals surface area contributed by atoms with E-state index < -0.39 is 108 Å². The highest BCUT2D eigenvalue weighted by Gasteiger charge is 2.47. The summed E-state index contributed by atoms with van der Waals surface area (Å²) >= 11 is 0. The van der Waals surface area contributed by atoms with Gasteiger partial charge >= 0.3 is 5.97 Å². The second-order valence-electron chi connectivity index (χ2n) is 16.4. The Morgan fingerprint density at radius 2 is 1.58 bits per heavy atom. The van der Waals surface area contributed by atoms with Crippen molar-refractivity contribution in [3.63, 3.8) is 0 Å². The largest absolute Gasteiger partial charge is 0.497 e. The molecule has 0 saturated carbocycles. The predicted molar refractivity (Wildman–Crippen MR) is 214 cm³/mol. The van der Waals surface area contributed by atoms with Gasteiger partial charge < -0.3 is 56.1 Å². The van der Waals surface area contributed by atoms with Crippen LogP contribution in [0.3, 0.4) is 0 Å². The number of aliphatic hydroxyl groups is 2. The normalized spacial score (nSPS) is 29.9. The standard InChI is InChI=1S/C41H61N7O12/c1-9-21(4)32-41(58)60-23(6)33(46-35(52)26-14-16-30(50)42-26)38(55)44-28(18-20(2)3)36(53)43-27-15-17-31(51)48(39(27)56)34(22(5)49)40(57)47(7)29(37(54)45-32)19-24-10-12-25(59-8)13-11-24/h10-13,20-23,26-29,31-34,49,51H,9,14-19H2,1-8H3,(H,42,50)(H,43,53)(H,44,55)(H,45,54)(H,46,52)/t21-,22-,23+,26+,27-,28-,29-,31+,32-,33-,34+/m0/s1. The van der Waals surface area contributed by atoms with E-state index in [1.165, 1.54) is 28.0 Å². The summed E-state index contributed by atoms with van der Waals surface area (Å²) in [4.78, 5) is 113. The maximum Gasteiger partial charge on any atom is 0.329 e. The van der Waals surface area contributed by atoms with Gasteiger partial charge in [-0.1, -0.05) is 46.2 Å². The van der Waals surface area contributed by atoms with Gasteiger partial charge in [0.1, 0.15) is 60.4 Å². The summed E-state index contributed by atoms with van der Waals surface area (Å²) in [7, 11) is 2.79. The van der Waals surface area contributed by atoms with Crippen LogP contribution in [0.5, 0.6) is 5.75 Å². The highest BCUT2D eigenvalue weighted by atomic mass is 16.5. The molecule has 3 aliphatic heterocycles. The number of rotatable bonds is 10. The first kappa shape index (κ1) is 47.4. The van der Waals surface area contributed by atoms with Gasteiger partial charge in [-0.15, -0.1) is 0 Å². The molecule has 3 saturated heterocycles. The quantitative estimate of drug-likeness (QED) is 0.140. The molecule has 332 valence electrons. The number of aliphatic hydroxyl groups excluding tert-OH is 2. The van der Waals surface area contributed by atoms with Gasteiger partial charge in [0.25, 0.3) is 0 Å². The lowest BCUT2D eigenvalue weighted by Crippen LogP contribution is -2.67. The lowest BCUT2D eigenvalue weighted by atomic mass is 9.95. The average Bonchev–Trinajstić information content (AvgIpc) is 3.64. The van der Waals surface area contributed by atoms with Crippen LogP contribution in [0.2, 0.25) is 0 Å². The van der Waals surface area contributed by atoms with Crippen molar-refractivity contribution in [2.75, 3.05) is 14.2 Å². The number of hydrogen-bond donors (Lipinski definition) is 7. The van der Waals surface area contributed by atoms with Crippen molar-refractivity contribution in [2.45, 2.75) is 147 Å². The molecule has 1 aromatic rings. The second kappa shape index (κ2) is 20.8. The predicted octanol–water partition coefficient (Wildman–Crippen LogP) is -0.990. The van der Waals surface area contributed by atoms with Crippen molar-refractivity contribution < 1.29 is 58.0 Å². The minimum atomic E-state index is -1.72. The third kappa shape index (κ3) is 11.5. The Bertz CT molecular complexity index is 1760. The van der Waals surface area contributed by atoms with E-state index in [2.05, 4.69) is 26.6 Å². The van der Waals surface area contributed by atoms with Gasteiger partial charge in [0.2, 0.25) is 41.4 Å². The first-order valence-corrected chi connectivity index (χ1v) is 20.6. The highest BCUT2D eigenvalue weighted by molar-refractivity contribution is 5.98. The third-order valence-electron chi connectivity index (χ3n) is 11.4. The fourth-order valence-corrected chi connectivity index (χ4v) is 7.61. The van der Waals surface area contributed by atoms with E-state index in [4.69, 9.17) is 9.47 Å². The molecule has 7 amide bonds. The zero-order valence-corrected chi connectivity index (χ0v) is 35.6. The molecule has 19 nitrogen and oxygen atoms in total. The summed E-state index contributed by atoms with van der Waals surface area (Å²) in [6, 6.07) is -2.91. The number of nitrogens with zero attached hydrogens (tertiary/aromatic N) is 2. The van der Waals surface area contributed by atoms with Crippen molar-refractivity contribution in [3.8, 4) is 5.75 Å². The van der Waals surface area contributed by atoms with Crippen LogP contribution in [0.15, 0.2) is 24.3 Å². The topological polar surface area (TPSA) is 262 Å². The summed E-state index contributed by atoms with van der Waals surface area (Å²) in [6.07, 6.45) is -4.14. The molecule has 7 N–H and O–H groups in total. The number of hydrogen-bond acceptors (Lipinski definition) is 12. The van der Waals surface area contributed by atoms with E-state index in [1.807, 2.05) is 0 Å². The number of methoxy groups -OCH3 is 1. The number of benzene rings is 1. The van der Waals surface area contributed by atoms with Crippen molar-refractivity contribution in [3.05, 3.63) is 29.8 Å². The lowest BCUT2D eigenvalue weighted by molar-refractivity contribution is -0.170. The number of fused-ring (bicyclic) bond motifs is 2. The van der Waals surface area contributed by atoms with E-state index in [9.17, 15) is 48.6 Å². The number of carbonyl (C=O) groups excluding carboxylic acids is 8. The summed E-state index contributed by atoms with van der Waals surface area (Å²) in [5, 5.41) is 35.4. The van der Waals surface area contributed by atoms with E-state index in [0.717, 1.165) is 9.80 Å². The van der Waals surface area contributed by atoms with Crippen LogP contribution in [0.25, 0.3) is 0 Å². The minimum absolute atomic E-state index is 0.0561. The van der Waals surface area contributed by atoms with Gasteiger partial charge in [-0.3, -0.25) is 33.6 Å². The number of likely N-dealkylation sites (N-methyl/N-ethyl adjacent to an activating group) is 1. The van der Waals surface area contributed by atoms with Crippen LogP contribution in [0.1, 0.15) is 85.6 Å². The Kier molecular flexibility index (Phi) is 16.4. The van der Waals surface area contributed by atoms with Crippen molar-refractivity contribution in [2.24, 2.45) is 11.8 Å². The molecule has 3 aliphatic rings. The van der Waals surface area contributed by atoms with Crippen LogP contribution >= 0.6 is 0 Å². The number of esters is 1. The van der Waals surface area contributed by atoms with Crippen LogP contribution in [0.4, 0.5) is 0 Å². The van der Waals surface area contributed by atoms with Gasteiger partial charge in [-0.05, 0) is 69.1 Å². The number of amides is 7. The minimum Gasteiger partial charge on any atom is -0.497 e. The van der Waals surface area contributed by atoms with Crippen LogP contribution < -0.4 is 31.3 Å². The first-order chi connectivity index (χ1) is 28.3. The summed E-state index contributed by atoms with van der Waals surface area (Å²) in [5.41, 5.74) is 0.578. The molecule has 60 heavy (non-hydrogen) atoms. The van der Waals surface area contributed by atoms with Crippen LogP contribution in [-0.4, -0.2) is 142 Å². The van der Waals surface area contributed by atoms with Crippen LogP contribution in [0, 0.1) is 11.8 Å². The fraction of sp³-hybridized carbons (Fsp3) is 0.659. The Labute approximate surface area is 350 Å². The van der Waals surface area contributed by atoms with Crippen molar-refractivity contribution in [1.29, 1.82) is 0 Å². The van der Waals surface area contributed by atoms with Gasteiger partial charge in [-0.2, -0.15) is 0 Å². The SMILES string of the molecule is CC[C@H](C)[C@@H]1NC(=O)[C@H](Cc2ccc(OC)cc2)N(C)C(=O)[C@@H]([C@H](C)O)N2C(=O)[C@H](CC[C@H]2O)NC(=O)[C@H](CC(C)C)NC(=O)[C@@H](NC(=O)[C@H]2CCC(=O)N2)[C@@H](C)OC1=O. The molecule has 2 bridgehead atoms. The molecule has 4 rings (SSSR count). The molecular weight excluding hydrogens is 782 g/mol. The Hall–Kier alpha value is -5.30. The number of piperidine rings is 1. The molecule has 0 radical (unpaired) electrons. The van der Waals surface area contributed by atoms with E-state index in [0.29, 0.717) is 17.7 Å². The second-order valence-corrected chi connectivity index (χ2v) is 16.4. The molecule has 19 heteroatoms. The number of carbonyl (C=O) groups is 8. The Balaban J connectivity index is 1.84. The van der Waals surface area contributed by atoms with Crippen molar-refractivity contribution in [1.82, 2.24) is 36.4 Å². The van der Waals surface area contributed by atoms with Gasteiger partial charge in [0.15, 0.2) is 0 Å². The first-order valence-electron chi connectivity index (χ1n) is 20.6. The smallest absolute Gasteiger partial charge is 0.329 e. The highest BCUT2D eigenvalue weighted by Crippen LogP contribution is 2.25. The van der Waals surface area contributed by atoms with Gasteiger partial charge in [0.05, 0.1) is 13.2 Å². The summed E-state index contributed by atoms with van der Waals surface area (Å²) < 4.78 is 11.1. The Morgan fingerprint density at radius 3 is 2.15 bits per heavy atom. The maximum absolute atomic E-state index is 14.5. The summed E-state index contributed by atoms with van der Waals surface area (Å²) in [5.74, 6) is -6.56. The van der Waals surface area contributed by atoms with Gasteiger partial charge in [0, 0.05) is 19.9 Å². The number of ether oxygens (including phenoxy) is 2. The Morgan fingerprint density at radius 1 is 0.917 bits per heavy atom. The molecule has 3 heterocycles. The van der Waals surface area contributed by atoms with E-state index >= 15 is 0 Å². The molecule has 1 aromatic carbocycles. The lowest BCUT2D eigenvalue weighted by Gasteiger charge is -2.43. The fourth-order valence-electron chi connectivity index (χ4n) is 7.61. The molecule has 0 unspecified atom stereocenters. The zero-order valence-electron chi connectivity index (χ0n) is 35.6. The molecule has 3 fully saturated rings. The molecule has 0 aliphatic carbocycles. The number of nitrogens with one attached hydrogen (secondary N) is 5. The third-order valence-corrected chi connectivity index (χ3v) is 11.4. The maximum atomic E-state index is 14.5. The van der Waals surface area contributed by atoms with E-state index in [-0.39, 0.29) is 50.4 Å². The zero-order chi connectivity index (χ0) is 44.6.